The lowest BCUT2D eigenvalue weighted by Crippen LogP contribution is -2.14. The first-order chi connectivity index (χ1) is 9.37. The number of carboxylic acid groups (broad SMARTS) is 1. The van der Waals surface area contributed by atoms with Crippen LogP contribution in [0.1, 0.15) is 15.9 Å². The molecule has 20 heavy (non-hydrogen) atoms. The van der Waals surface area contributed by atoms with Crippen LogP contribution in [0.2, 0.25) is 0 Å². The van der Waals surface area contributed by atoms with E-state index in [-0.39, 0.29) is 11.3 Å². The first-order valence-electron chi connectivity index (χ1n) is 5.79. The summed E-state index contributed by atoms with van der Waals surface area (Å²) in [5.74, 6) is -1.25. The van der Waals surface area contributed by atoms with E-state index in [1.807, 2.05) is 0 Å². The van der Waals surface area contributed by atoms with E-state index in [1.54, 1.807) is 42.5 Å². The second kappa shape index (κ2) is 5.44. The van der Waals surface area contributed by atoms with E-state index < -0.39 is 16.0 Å². The predicted octanol–water partition coefficient (Wildman–Crippen LogP) is 1.84. The molecule has 6 heteroatoms. The van der Waals surface area contributed by atoms with Crippen LogP contribution in [0.4, 0.5) is 0 Å². The third-order valence-corrected chi connectivity index (χ3v) is 3.53. The molecule has 104 valence electrons. The number of nitrogens with two attached hydrogens (primary N) is 1. The van der Waals surface area contributed by atoms with Crippen LogP contribution in [0.5, 0.6) is 0 Å². The van der Waals surface area contributed by atoms with E-state index in [2.05, 4.69) is 0 Å². The normalized spacial score (nSPS) is 11.2. The highest BCUT2D eigenvalue weighted by Crippen LogP contribution is 2.24. The number of aromatic carboxylic acids is 1. The van der Waals surface area contributed by atoms with Gasteiger partial charge in [-0.05, 0) is 22.8 Å². The molecular weight excluding hydrogens is 278 g/mol. The topological polar surface area (TPSA) is 97.5 Å². The van der Waals surface area contributed by atoms with E-state index in [0.29, 0.717) is 16.7 Å². The Hall–Kier alpha value is -2.18. The van der Waals surface area contributed by atoms with Crippen molar-refractivity contribution in [1.82, 2.24) is 0 Å². The van der Waals surface area contributed by atoms with Crippen LogP contribution in [0, 0.1) is 0 Å². The van der Waals surface area contributed by atoms with Gasteiger partial charge in [-0.3, -0.25) is 0 Å². The molecule has 0 heterocycles. The first kappa shape index (κ1) is 14.2. The largest absolute Gasteiger partial charge is 0.478 e. The van der Waals surface area contributed by atoms with Gasteiger partial charge >= 0.3 is 5.97 Å². The highest BCUT2D eigenvalue weighted by atomic mass is 32.2. The lowest BCUT2D eigenvalue weighted by Gasteiger charge is -2.07. The van der Waals surface area contributed by atoms with Gasteiger partial charge in [0.2, 0.25) is 10.0 Å². The Balaban J connectivity index is 2.38. The molecule has 0 unspecified atom stereocenters. The summed E-state index contributed by atoms with van der Waals surface area (Å²) in [6, 6.07) is 13.2. The minimum absolute atomic E-state index is 0.201. The zero-order valence-corrected chi connectivity index (χ0v) is 11.3. The Kier molecular flexibility index (Phi) is 3.87. The van der Waals surface area contributed by atoms with Crippen molar-refractivity contribution in [3.63, 3.8) is 0 Å². The Morgan fingerprint density at radius 2 is 1.65 bits per heavy atom. The number of primary sulfonamides is 1. The molecule has 2 aromatic carbocycles. The number of hydrogen-bond acceptors (Lipinski definition) is 3. The Morgan fingerprint density at radius 1 is 1.05 bits per heavy atom. The molecule has 0 aliphatic rings. The van der Waals surface area contributed by atoms with Gasteiger partial charge in [-0.1, -0.05) is 42.5 Å². The summed E-state index contributed by atoms with van der Waals surface area (Å²) in [4.78, 5) is 11.2. The summed E-state index contributed by atoms with van der Waals surface area (Å²) in [6.45, 7) is 0. The molecule has 0 fully saturated rings. The Morgan fingerprint density at radius 3 is 2.20 bits per heavy atom. The number of rotatable bonds is 4. The quantitative estimate of drug-likeness (QED) is 0.898. The van der Waals surface area contributed by atoms with E-state index in [4.69, 9.17) is 10.2 Å². The van der Waals surface area contributed by atoms with Gasteiger partial charge in [0.1, 0.15) is 0 Å². The summed E-state index contributed by atoms with van der Waals surface area (Å²) in [5.41, 5.74) is 2.05. The van der Waals surface area contributed by atoms with Gasteiger partial charge in [-0.25, -0.2) is 18.4 Å². The lowest BCUT2D eigenvalue weighted by atomic mass is 9.99. The molecule has 0 aliphatic heterocycles. The average molecular weight is 291 g/mol. The fourth-order valence-corrected chi connectivity index (χ4v) is 2.59. The number of benzene rings is 2. The lowest BCUT2D eigenvalue weighted by molar-refractivity contribution is 0.0697. The second-order valence-corrected chi connectivity index (χ2v) is 5.97. The van der Waals surface area contributed by atoms with Crippen molar-refractivity contribution < 1.29 is 18.3 Å². The minimum atomic E-state index is -3.57. The van der Waals surface area contributed by atoms with Gasteiger partial charge in [0, 0.05) is 0 Å². The molecule has 0 bridgehead atoms. The number of hydrogen-bond donors (Lipinski definition) is 2. The van der Waals surface area contributed by atoms with Crippen LogP contribution in [0.3, 0.4) is 0 Å². The minimum Gasteiger partial charge on any atom is -0.478 e. The van der Waals surface area contributed by atoms with Gasteiger partial charge in [0.25, 0.3) is 0 Å². The van der Waals surface area contributed by atoms with E-state index in [9.17, 15) is 13.2 Å². The van der Waals surface area contributed by atoms with Crippen LogP contribution in [-0.4, -0.2) is 19.5 Å². The zero-order valence-electron chi connectivity index (χ0n) is 10.5. The fraction of sp³-hybridized carbons (Fsp3) is 0.0714. The zero-order chi connectivity index (χ0) is 14.8. The van der Waals surface area contributed by atoms with Crippen LogP contribution in [0.15, 0.2) is 48.5 Å². The van der Waals surface area contributed by atoms with Crippen molar-refractivity contribution >= 4 is 16.0 Å². The molecule has 0 aliphatic carbocycles. The number of sulfonamides is 1. The maximum atomic E-state index is 11.2. The van der Waals surface area contributed by atoms with Gasteiger partial charge in [0.05, 0.1) is 11.3 Å². The molecule has 2 aromatic rings. The summed E-state index contributed by atoms with van der Waals surface area (Å²) < 4.78 is 22.0. The molecule has 0 saturated carbocycles. The Labute approximate surface area is 116 Å². The third-order valence-electron chi connectivity index (χ3n) is 2.79. The van der Waals surface area contributed by atoms with Gasteiger partial charge < -0.3 is 5.11 Å². The van der Waals surface area contributed by atoms with E-state index in [0.717, 1.165) is 0 Å². The van der Waals surface area contributed by atoms with Crippen molar-refractivity contribution in [2.45, 2.75) is 5.75 Å². The SMILES string of the molecule is NS(=O)(=O)Cc1ccc(-c2ccccc2C(=O)O)cc1. The number of carbonyl (C=O) groups is 1. The summed E-state index contributed by atoms with van der Waals surface area (Å²) >= 11 is 0. The summed E-state index contributed by atoms with van der Waals surface area (Å²) in [5, 5.41) is 14.1. The molecule has 3 N–H and O–H groups in total. The van der Waals surface area contributed by atoms with Crippen molar-refractivity contribution in [2.24, 2.45) is 5.14 Å². The molecule has 0 atom stereocenters. The van der Waals surface area contributed by atoms with Gasteiger partial charge in [-0.2, -0.15) is 0 Å². The van der Waals surface area contributed by atoms with Crippen molar-refractivity contribution in [3.05, 3.63) is 59.7 Å². The summed E-state index contributed by atoms with van der Waals surface area (Å²) in [6.07, 6.45) is 0. The smallest absolute Gasteiger partial charge is 0.336 e. The van der Waals surface area contributed by atoms with Crippen LogP contribution >= 0.6 is 0 Å². The molecule has 0 aromatic heterocycles. The van der Waals surface area contributed by atoms with Crippen molar-refractivity contribution in [2.75, 3.05) is 0 Å². The first-order valence-corrected chi connectivity index (χ1v) is 7.50. The standard InChI is InChI=1S/C14H13NO4S/c15-20(18,19)9-10-5-7-11(8-6-10)12-3-1-2-4-13(12)14(16)17/h1-8H,9H2,(H,16,17)(H2,15,18,19). The van der Waals surface area contributed by atoms with Crippen LogP contribution in [0.25, 0.3) is 11.1 Å². The molecule has 0 spiro atoms. The molecular formula is C14H13NO4S. The predicted molar refractivity (Wildman–Crippen MR) is 75.6 cm³/mol. The highest BCUT2D eigenvalue weighted by molar-refractivity contribution is 7.88. The highest BCUT2D eigenvalue weighted by Gasteiger charge is 2.11. The van der Waals surface area contributed by atoms with Crippen LogP contribution < -0.4 is 5.14 Å². The Bertz CT molecular complexity index is 736. The molecule has 5 nitrogen and oxygen atoms in total. The maximum absolute atomic E-state index is 11.2. The maximum Gasteiger partial charge on any atom is 0.336 e. The van der Waals surface area contributed by atoms with Crippen LogP contribution in [-0.2, 0) is 15.8 Å². The van der Waals surface area contributed by atoms with Crippen molar-refractivity contribution in [1.29, 1.82) is 0 Å². The fourth-order valence-electron chi connectivity index (χ4n) is 1.93. The number of carboxylic acids is 1. The summed E-state index contributed by atoms with van der Waals surface area (Å²) in [7, 11) is -3.57. The molecule has 0 saturated heterocycles. The van der Waals surface area contributed by atoms with E-state index >= 15 is 0 Å². The van der Waals surface area contributed by atoms with Crippen molar-refractivity contribution in [3.8, 4) is 11.1 Å². The van der Waals surface area contributed by atoms with E-state index in [1.165, 1.54) is 6.07 Å². The third kappa shape index (κ3) is 3.43. The molecule has 2 rings (SSSR count). The van der Waals surface area contributed by atoms with Gasteiger partial charge in [-0.15, -0.1) is 0 Å². The molecule has 0 radical (unpaired) electrons. The molecule has 0 amide bonds. The average Bonchev–Trinajstić information content (AvgIpc) is 2.38. The second-order valence-electron chi connectivity index (χ2n) is 4.35. The van der Waals surface area contributed by atoms with Gasteiger partial charge in [0.15, 0.2) is 0 Å². The monoisotopic (exact) mass is 291 g/mol.